The average Bonchev–Trinajstić information content (AvgIpc) is 2.70. The molecule has 6 heteroatoms. The standard InChI is InChI=1S/C11H8ClFN2OS/c12-7-3-4-17-10(7)11(16)15-6-1-2-8(13)9(14)5-6/h1-5H,14H2,(H,15,16). The van der Waals surface area contributed by atoms with Crippen LogP contribution in [-0.4, -0.2) is 5.91 Å². The normalized spacial score (nSPS) is 10.2. The van der Waals surface area contributed by atoms with Crippen molar-refractivity contribution in [2.45, 2.75) is 0 Å². The van der Waals surface area contributed by atoms with Gasteiger partial charge < -0.3 is 11.1 Å². The second-order valence-corrected chi connectivity index (χ2v) is 4.61. The third-order valence-electron chi connectivity index (χ3n) is 2.08. The molecule has 0 radical (unpaired) electrons. The second-order valence-electron chi connectivity index (χ2n) is 3.29. The van der Waals surface area contributed by atoms with Crippen molar-refractivity contribution in [3.8, 4) is 0 Å². The van der Waals surface area contributed by atoms with Gasteiger partial charge in [0.2, 0.25) is 0 Å². The Balaban J connectivity index is 2.19. The van der Waals surface area contributed by atoms with Crippen molar-refractivity contribution >= 4 is 40.2 Å². The molecule has 1 aromatic carbocycles. The van der Waals surface area contributed by atoms with Crippen molar-refractivity contribution in [1.82, 2.24) is 0 Å². The van der Waals surface area contributed by atoms with Gasteiger partial charge in [0.25, 0.3) is 5.91 Å². The van der Waals surface area contributed by atoms with Gasteiger partial charge in [-0.15, -0.1) is 11.3 Å². The van der Waals surface area contributed by atoms with Gasteiger partial charge in [-0.05, 0) is 29.6 Å². The third kappa shape index (κ3) is 2.57. The van der Waals surface area contributed by atoms with E-state index >= 15 is 0 Å². The van der Waals surface area contributed by atoms with E-state index in [4.69, 9.17) is 17.3 Å². The van der Waals surface area contributed by atoms with Crippen LogP contribution in [0, 0.1) is 5.82 Å². The first kappa shape index (κ1) is 11.9. The number of rotatable bonds is 2. The molecule has 88 valence electrons. The van der Waals surface area contributed by atoms with Crippen LogP contribution < -0.4 is 11.1 Å². The lowest BCUT2D eigenvalue weighted by Crippen LogP contribution is -2.11. The topological polar surface area (TPSA) is 55.1 Å². The lowest BCUT2D eigenvalue weighted by Gasteiger charge is -2.05. The van der Waals surface area contributed by atoms with Gasteiger partial charge in [-0.1, -0.05) is 11.6 Å². The molecule has 0 atom stereocenters. The van der Waals surface area contributed by atoms with E-state index in [0.29, 0.717) is 15.6 Å². The maximum atomic E-state index is 12.9. The summed E-state index contributed by atoms with van der Waals surface area (Å²) in [6.45, 7) is 0. The Kier molecular flexibility index (Phi) is 3.31. The molecule has 3 N–H and O–H groups in total. The van der Waals surface area contributed by atoms with Gasteiger partial charge in [0.1, 0.15) is 10.7 Å². The lowest BCUT2D eigenvalue weighted by molar-refractivity contribution is 0.103. The first-order valence-corrected chi connectivity index (χ1v) is 5.93. The number of anilines is 2. The average molecular weight is 271 g/mol. The van der Waals surface area contributed by atoms with E-state index in [0.717, 1.165) is 0 Å². The van der Waals surface area contributed by atoms with E-state index in [2.05, 4.69) is 5.32 Å². The van der Waals surface area contributed by atoms with Crippen LogP contribution in [0.3, 0.4) is 0 Å². The van der Waals surface area contributed by atoms with Crippen LogP contribution >= 0.6 is 22.9 Å². The quantitative estimate of drug-likeness (QED) is 0.822. The molecule has 17 heavy (non-hydrogen) atoms. The van der Waals surface area contributed by atoms with Gasteiger partial charge >= 0.3 is 0 Å². The number of carbonyl (C=O) groups is 1. The van der Waals surface area contributed by atoms with Crippen molar-refractivity contribution in [3.63, 3.8) is 0 Å². The summed E-state index contributed by atoms with van der Waals surface area (Å²) in [5.74, 6) is -0.854. The molecule has 0 spiro atoms. The summed E-state index contributed by atoms with van der Waals surface area (Å²) in [6, 6.07) is 5.63. The Labute approximate surface area is 106 Å². The van der Waals surface area contributed by atoms with Gasteiger partial charge in [-0.3, -0.25) is 4.79 Å². The summed E-state index contributed by atoms with van der Waals surface area (Å²) < 4.78 is 12.9. The summed E-state index contributed by atoms with van der Waals surface area (Å²) in [7, 11) is 0. The van der Waals surface area contributed by atoms with Crippen LogP contribution in [0.2, 0.25) is 5.02 Å². The van der Waals surface area contributed by atoms with E-state index in [9.17, 15) is 9.18 Å². The largest absolute Gasteiger partial charge is 0.396 e. The van der Waals surface area contributed by atoms with Crippen LogP contribution in [0.1, 0.15) is 9.67 Å². The van der Waals surface area contributed by atoms with Gasteiger partial charge in [0, 0.05) is 5.69 Å². The minimum atomic E-state index is -0.517. The first-order chi connectivity index (χ1) is 8.08. The van der Waals surface area contributed by atoms with Crippen molar-refractivity contribution < 1.29 is 9.18 Å². The number of nitrogens with two attached hydrogens (primary N) is 1. The summed E-state index contributed by atoms with van der Waals surface area (Å²) in [4.78, 5) is 12.2. The van der Waals surface area contributed by atoms with Crippen LogP contribution in [0.5, 0.6) is 0 Å². The number of hydrogen-bond donors (Lipinski definition) is 2. The van der Waals surface area contributed by atoms with Crippen molar-refractivity contribution in [1.29, 1.82) is 0 Å². The maximum Gasteiger partial charge on any atom is 0.267 e. The summed E-state index contributed by atoms with van der Waals surface area (Å²) in [5.41, 5.74) is 5.81. The van der Waals surface area contributed by atoms with E-state index in [1.807, 2.05) is 0 Å². The Hall–Kier alpha value is -1.59. The van der Waals surface area contributed by atoms with Crippen LogP contribution in [-0.2, 0) is 0 Å². The molecule has 1 heterocycles. The Morgan fingerprint density at radius 1 is 1.41 bits per heavy atom. The second kappa shape index (κ2) is 4.73. The highest BCUT2D eigenvalue weighted by atomic mass is 35.5. The fourth-order valence-electron chi connectivity index (χ4n) is 1.27. The zero-order chi connectivity index (χ0) is 12.4. The smallest absolute Gasteiger partial charge is 0.267 e. The van der Waals surface area contributed by atoms with Crippen molar-refractivity contribution in [3.05, 3.63) is 45.4 Å². The molecule has 2 aromatic rings. The molecule has 0 saturated carbocycles. The number of nitrogens with one attached hydrogen (secondary N) is 1. The van der Waals surface area contributed by atoms with E-state index < -0.39 is 5.82 Å². The molecular weight excluding hydrogens is 263 g/mol. The SMILES string of the molecule is Nc1cc(NC(=O)c2sccc2Cl)ccc1F. The fraction of sp³-hybridized carbons (Fsp3) is 0. The van der Waals surface area contributed by atoms with E-state index in [1.54, 1.807) is 11.4 Å². The molecule has 3 nitrogen and oxygen atoms in total. The molecule has 1 amide bonds. The van der Waals surface area contributed by atoms with Gasteiger partial charge in [-0.2, -0.15) is 0 Å². The molecule has 0 bridgehead atoms. The molecule has 1 aromatic heterocycles. The van der Waals surface area contributed by atoms with Gasteiger partial charge in [0.15, 0.2) is 0 Å². The van der Waals surface area contributed by atoms with Gasteiger partial charge in [-0.25, -0.2) is 4.39 Å². The van der Waals surface area contributed by atoms with Crippen molar-refractivity contribution in [2.24, 2.45) is 0 Å². The zero-order valence-corrected chi connectivity index (χ0v) is 10.1. The number of thiophene rings is 1. The molecule has 2 rings (SSSR count). The molecule has 0 fully saturated rings. The minimum absolute atomic E-state index is 0.0138. The Bertz CT molecular complexity index is 570. The number of nitrogen functional groups attached to an aromatic ring is 1. The number of hydrogen-bond acceptors (Lipinski definition) is 3. The highest BCUT2D eigenvalue weighted by Crippen LogP contribution is 2.24. The monoisotopic (exact) mass is 270 g/mol. The predicted molar refractivity (Wildman–Crippen MR) is 68.1 cm³/mol. The molecule has 0 aliphatic heterocycles. The van der Waals surface area contributed by atoms with Crippen LogP contribution in [0.25, 0.3) is 0 Å². The summed E-state index contributed by atoms with van der Waals surface area (Å²) >= 11 is 7.06. The summed E-state index contributed by atoms with van der Waals surface area (Å²) in [5, 5.41) is 4.70. The molecular formula is C11H8ClFN2OS. The molecule has 0 aliphatic rings. The van der Waals surface area contributed by atoms with Gasteiger partial charge in [0.05, 0.1) is 10.7 Å². The highest BCUT2D eigenvalue weighted by Gasteiger charge is 2.12. The zero-order valence-electron chi connectivity index (χ0n) is 8.54. The first-order valence-electron chi connectivity index (χ1n) is 4.67. The lowest BCUT2D eigenvalue weighted by atomic mass is 10.2. The van der Waals surface area contributed by atoms with E-state index in [1.165, 1.54) is 29.5 Å². The third-order valence-corrected chi connectivity index (χ3v) is 3.42. The number of carbonyl (C=O) groups excluding carboxylic acids is 1. The maximum absolute atomic E-state index is 12.9. The minimum Gasteiger partial charge on any atom is -0.396 e. The highest BCUT2D eigenvalue weighted by molar-refractivity contribution is 7.12. The van der Waals surface area contributed by atoms with Crippen LogP contribution in [0.15, 0.2) is 29.6 Å². The van der Waals surface area contributed by atoms with Crippen molar-refractivity contribution in [2.75, 3.05) is 11.1 Å². The van der Waals surface area contributed by atoms with Crippen LogP contribution in [0.4, 0.5) is 15.8 Å². The summed E-state index contributed by atoms with van der Waals surface area (Å²) in [6.07, 6.45) is 0. The van der Waals surface area contributed by atoms with E-state index in [-0.39, 0.29) is 11.6 Å². The molecule has 0 aliphatic carbocycles. The number of amides is 1. The predicted octanol–water partition coefficient (Wildman–Crippen LogP) is 3.38. The Morgan fingerprint density at radius 3 is 2.76 bits per heavy atom. The fourth-order valence-corrected chi connectivity index (χ4v) is 2.30. The molecule has 0 saturated heterocycles. The number of halogens is 2. The molecule has 0 unspecified atom stereocenters. The Morgan fingerprint density at radius 2 is 2.18 bits per heavy atom. The number of benzene rings is 1.